The summed E-state index contributed by atoms with van der Waals surface area (Å²) < 4.78 is 1.30. The molecule has 2 heterocycles. The van der Waals surface area contributed by atoms with Crippen LogP contribution in [0.1, 0.15) is 0 Å². The number of hydrogen-bond acceptors (Lipinski definition) is 5. The van der Waals surface area contributed by atoms with Gasteiger partial charge in [0.25, 0.3) is 5.78 Å². The average Bonchev–Trinajstić information content (AvgIpc) is 2.33. The molecule has 0 aromatic carbocycles. The Kier molecular flexibility index (Phi) is 0.689. The van der Waals surface area contributed by atoms with Gasteiger partial charge in [0.1, 0.15) is 6.33 Å². The Morgan fingerprint density at radius 1 is 1.22 bits per heavy atom. The molecule has 0 spiro atoms. The second kappa shape index (κ2) is 1.44. The molecule has 6 nitrogen and oxygen atoms in total. The highest BCUT2D eigenvalue weighted by molar-refractivity contribution is 5.17. The number of nitrogens with zero attached hydrogens (tertiary/aromatic N) is 6. The minimum absolute atomic E-state index is 0.414. The minimum atomic E-state index is 0.414. The lowest BCUT2D eigenvalue weighted by molar-refractivity contribution is 0.742. The van der Waals surface area contributed by atoms with E-state index < -0.39 is 0 Å². The molecule has 0 N–H and O–H groups in total. The molecule has 2 rings (SSSR count). The summed E-state index contributed by atoms with van der Waals surface area (Å²) in [6.07, 6.45) is 2.68. The van der Waals surface area contributed by atoms with E-state index in [1.807, 2.05) is 0 Å². The zero-order valence-corrected chi connectivity index (χ0v) is 4.34. The zero-order valence-electron chi connectivity index (χ0n) is 4.34. The maximum Gasteiger partial charge on any atom is 0.289 e. The minimum Gasteiger partial charge on any atom is -0.195 e. The SMILES string of the molecule is c1nnc2ncnn2n1. The van der Waals surface area contributed by atoms with Crippen molar-refractivity contribution < 1.29 is 0 Å². The molecule has 0 amide bonds. The van der Waals surface area contributed by atoms with Crippen molar-refractivity contribution in [2.75, 3.05) is 0 Å². The Labute approximate surface area is 49.6 Å². The van der Waals surface area contributed by atoms with Crippen LogP contribution in [0.4, 0.5) is 0 Å². The van der Waals surface area contributed by atoms with Crippen molar-refractivity contribution in [1.82, 2.24) is 30.0 Å². The van der Waals surface area contributed by atoms with Gasteiger partial charge < -0.3 is 0 Å². The highest BCUT2D eigenvalue weighted by Crippen LogP contribution is 1.81. The molecule has 0 aliphatic heterocycles. The summed E-state index contributed by atoms with van der Waals surface area (Å²) in [4.78, 5) is 3.73. The molecular weight excluding hydrogens is 120 g/mol. The van der Waals surface area contributed by atoms with Gasteiger partial charge >= 0.3 is 0 Å². The Balaban J connectivity index is 2.95. The molecule has 0 aliphatic rings. The summed E-state index contributed by atoms with van der Waals surface area (Å²) in [7, 11) is 0. The number of rotatable bonds is 0. The Morgan fingerprint density at radius 2 is 2.11 bits per heavy atom. The van der Waals surface area contributed by atoms with Crippen LogP contribution in [0.2, 0.25) is 0 Å². The lowest BCUT2D eigenvalue weighted by Gasteiger charge is -1.81. The van der Waals surface area contributed by atoms with E-state index >= 15 is 0 Å². The Hall–Kier alpha value is -1.59. The first-order valence-electron chi connectivity index (χ1n) is 2.30. The van der Waals surface area contributed by atoms with E-state index in [1.54, 1.807) is 0 Å². The first kappa shape index (κ1) is 4.30. The summed E-state index contributed by atoms with van der Waals surface area (Å²) in [5.41, 5.74) is 0. The van der Waals surface area contributed by atoms with E-state index in [1.165, 1.54) is 17.3 Å². The molecule has 0 saturated heterocycles. The molecule has 0 bridgehead atoms. The Morgan fingerprint density at radius 3 is 3.00 bits per heavy atom. The quantitative estimate of drug-likeness (QED) is 0.444. The van der Waals surface area contributed by atoms with Crippen LogP contribution in [0.3, 0.4) is 0 Å². The predicted octanol–water partition coefficient (Wildman–Crippen LogP) is -1.09. The summed E-state index contributed by atoms with van der Waals surface area (Å²) in [5, 5.41) is 14.5. The molecule has 2 aromatic heterocycles. The molecule has 0 saturated carbocycles. The summed E-state index contributed by atoms with van der Waals surface area (Å²) in [6.45, 7) is 0. The molecule has 44 valence electrons. The second-order valence-corrected chi connectivity index (χ2v) is 1.40. The van der Waals surface area contributed by atoms with Gasteiger partial charge in [-0.2, -0.15) is 4.98 Å². The molecule has 2 aromatic rings. The largest absolute Gasteiger partial charge is 0.289 e. The maximum absolute atomic E-state index is 3.73. The molecule has 0 fully saturated rings. The third kappa shape index (κ3) is 0.525. The molecule has 0 aliphatic carbocycles. The van der Waals surface area contributed by atoms with Crippen LogP contribution in [0.15, 0.2) is 12.7 Å². The van der Waals surface area contributed by atoms with E-state index in [-0.39, 0.29) is 0 Å². The fourth-order valence-electron chi connectivity index (χ4n) is 0.526. The Bertz CT molecular complexity index is 282. The van der Waals surface area contributed by atoms with E-state index in [2.05, 4.69) is 25.4 Å². The van der Waals surface area contributed by atoms with Crippen molar-refractivity contribution in [2.24, 2.45) is 0 Å². The summed E-state index contributed by atoms with van der Waals surface area (Å²) in [6, 6.07) is 0. The third-order valence-electron chi connectivity index (χ3n) is 0.873. The molecule has 6 heteroatoms. The molecule has 0 radical (unpaired) electrons. The number of aromatic nitrogens is 6. The van der Waals surface area contributed by atoms with Crippen LogP contribution < -0.4 is 0 Å². The smallest absolute Gasteiger partial charge is 0.195 e. The molecular formula is C3H2N6. The van der Waals surface area contributed by atoms with Crippen molar-refractivity contribution in [2.45, 2.75) is 0 Å². The number of fused-ring (bicyclic) bond motifs is 1. The topological polar surface area (TPSA) is 68.9 Å². The third-order valence-corrected chi connectivity index (χ3v) is 0.873. The molecule has 0 unspecified atom stereocenters. The zero-order chi connectivity index (χ0) is 6.10. The fraction of sp³-hybridized carbons (Fsp3) is 0. The van der Waals surface area contributed by atoms with Gasteiger partial charge in [-0.05, 0) is 0 Å². The van der Waals surface area contributed by atoms with Gasteiger partial charge in [0.2, 0.25) is 0 Å². The van der Waals surface area contributed by atoms with E-state index in [0.29, 0.717) is 5.78 Å². The van der Waals surface area contributed by atoms with Crippen LogP contribution in [0, 0.1) is 0 Å². The second-order valence-electron chi connectivity index (χ2n) is 1.40. The molecule has 0 atom stereocenters. The maximum atomic E-state index is 3.73. The van der Waals surface area contributed by atoms with Crippen molar-refractivity contribution in [3.63, 3.8) is 0 Å². The molecule has 9 heavy (non-hydrogen) atoms. The lowest BCUT2D eigenvalue weighted by atomic mass is 11.1. The van der Waals surface area contributed by atoms with Crippen molar-refractivity contribution in [3.8, 4) is 0 Å². The van der Waals surface area contributed by atoms with Crippen LogP contribution in [0.5, 0.6) is 0 Å². The van der Waals surface area contributed by atoms with Gasteiger partial charge in [-0.3, -0.25) is 0 Å². The van der Waals surface area contributed by atoms with Gasteiger partial charge in [0.05, 0.1) is 0 Å². The monoisotopic (exact) mass is 122 g/mol. The summed E-state index contributed by atoms with van der Waals surface area (Å²) >= 11 is 0. The van der Waals surface area contributed by atoms with Crippen LogP contribution in [-0.2, 0) is 0 Å². The van der Waals surface area contributed by atoms with Crippen LogP contribution >= 0.6 is 0 Å². The summed E-state index contributed by atoms with van der Waals surface area (Å²) in [5.74, 6) is 0.414. The fourth-order valence-corrected chi connectivity index (χ4v) is 0.526. The first-order chi connectivity index (χ1) is 4.47. The van der Waals surface area contributed by atoms with Gasteiger partial charge in [-0.25, -0.2) is 0 Å². The lowest BCUT2D eigenvalue weighted by Crippen LogP contribution is -1.96. The van der Waals surface area contributed by atoms with Gasteiger partial charge in [-0.1, -0.05) is 0 Å². The van der Waals surface area contributed by atoms with Gasteiger partial charge in [-0.15, -0.1) is 25.0 Å². The predicted molar refractivity (Wildman–Crippen MR) is 26.4 cm³/mol. The normalized spacial score (nSPS) is 10.2. The van der Waals surface area contributed by atoms with Crippen LogP contribution in [0.25, 0.3) is 5.78 Å². The average molecular weight is 122 g/mol. The van der Waals surface area contributed by atoms with Crippen molar-refractivity contribution in [1.29, 1.82) is 0 Å². The van der Waals surface area contributed by atoms with E-state index in [4.69, 9.17) is 0 Å². The van der Waals surface area contributed by atoms with E-state index in [0.717, 1.165) is 0 Å². The van der Waals surface area contributed by atoms with Crippen molar-refractivity contribution >= 4 is 5.78 Å². The van der Waals surface area contributed by atoms with Crippen molar-refractivity contribution in [3.05, 3.63) is 12.7 Å². The highest BCUT2D eigenvalue weighted by Gasteiger charge is 1.91. The number of hydrogen-bond donors (Lipinski definition) is 0. The highest BCUT2D eigenvalue weighted by atomic mass is 15.5. The first-order valence-corrected chi connectivity index (χ1v) is 2.30. The standard InChI is InChI=1S/C3H2N6/c1-4-3-8-5-2-7-9(3)6-1/h1-2H. The van der Waals surface area contributed by atoms with E-state index in [9.17, 15) is 0 Å². The van der Waals surface area contributed by atoms with Gasteiger partial charge in [0, 0.05) is 0 Å². The van der Waals surface area contributed by atoms with Gasteiger partial charge in [0.15, 0.2) is 6.33 Å². The van der Waals surface area contributed by atoms with Crippen LogP contribution in [-0.4, -0.2) is 30.0 Å².